The summed E-state index contributed by atoms with van der Waals surface area (Å²) in [5.41, 5.74) is 1.55. The number of carbonyl (C=O) groups is 1. The predicted octanol–water partition coefficient (Wildman–Crippen LogP) is 2.45. The van der Waals surface area contributed by atoms with Crippen molar-refractivity contribution in [3.8, 4) is 5.75 Å². The van der Waals surface area contributed by atoms with Gasteiger partial charge in [-0.15, -0.1) is 0 Å². The van der Waals surface area contributed by atoms with Crippen molar-refractivity contribution in [2.75, 3.05) is 7.05 Å². The molecule has 0 aliphatic heterocycles. The zero-order valence-electron chi connectivity index (χ0n) is 13.0. The number of rotatable bonds is 7. The second kappa shape index (κ2) is 7.09. The summed E-state index contributed by atoms with van der Waals surface area (Å²) in [6.45, 7) is 4.34. The third kappa shape index (κ3) is 4.08. The second-order valence-corrected chi connectivity index (χ2v) is 5.48. The Bertz CT molecular complexity index is 611. The van der Waals surface area contributed by atoms with Crippen molar-refractivity contribution >= 4 is 5.97 Å². The molecule has 1 aromatic carbocycles. The van der Waals surface area contributed by atoms with Crippen molar-refractivity contribution < 1.29 is 14.6 Å². The van der Waals surface area contributed by atoms with Crippen LogP contribution in [-0.4, -0.2) is 39.3 Å². The number of nitrogens with one attached hydrogen (secondary N) is 1. The molecule has 0 aliphatic rings. The number of hydrogen-bond donors (Lipinski definition) is 2. The monoisotopic (exact) mass is 303 g/mol. The first-order valence-electron chi connectivity index (χ1n) is 7.15. The van der Waals surface area contributed by atoms with Crippen LogP contribution in [0.25, 0.3) is 0 Å². The van der Waals surface area contributed by atoms with Crippen LogP contribution in [0.5, 0.6) is 5.75 Å². The highest BCUT2D eigenvalue weighted by Gasteiger charge is 2.25. The van der Waals surface area contributed by atoms with Crippen LogP contribution in [0.1, 0.15) is 31.1 Å². The van der Waals surface area contributed by atoms with Crippen LogP contribution in [0.3, 0.4) is 0 Å². The Morgan fingerprint density at radius 2 is 2.18 bits per heavy atom. The van der Waals surface area contributed by atoms with Crippen LogP contribution in [-0.2, 0) is 11.3 Å². The molecule has 2 rings (SSSR count). The van der Waals surface area contributed by atoms with Gasteiger partial charge in [-0.1, -0.05) is 12.1 Å². The van der Waals surface area contributed by atoms with E-state index in [1.807, 2.05) is 32.0 Å². The maximum absolute atomic E-state index is 11.7. The van der Waals surface area contributed by atoms with Crippen molar-refractivity contribution in [3.05, 3.63) is 47.8 Å². The minimum atomic E-state index is -0.899. The number of nitrogens with zero attached hydrogens (tertiary/aromatic N) is 2. The Labute approximate surface area is 129 Å². The number of carboxylic acids is 1. The lowest BCUT2D eigenvalue weighted by molar-refractivity contribution is -0.143. The van der Waals surface area contributed by atoms with Gasteiger partial charge in [0.05, 0.1) is 6.10 Å². The van der Waals surface area contributed by atoms with E-state index in [0.717, 1.165) is 5.69 Å². The second-order valence-electron chi connectivity index (χ2n) is 5.48. The van der Waals surface area contributed by atoms with Crippen LogP contribution in [0.4, 0.5) is 0 Å². The normalized spacial score (nSPS) is 12.6. The Balaban J connectivity index is 2.21. The van der Waals surface area contributed by atoms with E-state index in [2.05, 4.69) is 10.2 Å². The van der Waals surface area contributed by atoms with Crippen molar-refractivity contribution in [1.29, 1.82) is 0 Å². The molecule has 6 heteroatoms. The van der Waals surface area contributed by atoms with E-state index in [0.29, 0.717) is 17.9 Å². The molecule has 1 unspecified atom stereocenters. The average molecular weight is 303 g/mol. The summed E-state index contributed by atoms with van der Waals surface area (Å²) in [6, 6.07) is 8.30. The molecular weight excluding hydrogens is 282 g/mol. The minimum absolute atomic E-state index is 0.0428. The lowest BCUT2D eigenvalue weighted by Gasteiger charge is -2.25. The number of likely N-dealkylation sites (N-methyl/N-ethyl adjacent to an activating group) is 1. The highest BCUT2D eigenvalue weighted by atomic mass is 16.5. The molecule has 0 saturated heterocycles. The van der Waals surface area contributed by atoms with Crippen molar-refractivity contribution in [3.63, 3.8) is 0 Å². The highest BCUT2D eigenvalue weighted by Crippen LogP contribution is 2.25. The number of aromatic nitrogens is 2. The van der Waals surface area contributed by atoms with Gasteiger partial charge in [-0.25, -0.2) is 0 Å². The molecule has 1 aromatic heterocycles. The van der Waals surface area contributed by atoms with Gasteiger partial charge in [0.15, 0.2) is 0 Å². The van der Waals surface area contributed by atoms with E-state index in [1.54, 1.807) is 30.3 Å². The summed E-state index contributed by atoms with van der Waals surface area (Å²) in [5, 5.41) is 16.3. The molecule has 0 spiro atoms. The molecule has 6 nitrogen and oxygen atoms in total. The zero-order chi connectivity index (χ0) is 16.1. The molecular formula is C16H21N3O3. The molecule has 0 saturated carbocycles. The molecule has 0 fully saturated rings. The van der Waals surface area contributed by atoms with E-state index in [-0.39, 0.29) is 6.10 Å². The number of benzene rings is 1. The molecule has 2 aromatic rings. The summed E-state index contributed by atoms with van der Waals surface area (Å²) >= 11 is 0. The van der Waals surface area contributed by atoms with Crippen LogP contribution in [0, 0.1) is 0 Å². The average Bonchev–Trinajstić information content (AvgIpc) is 2.90. The number of hydrogen-bond acceptors (Lipinski definition) is 4. The molecule has 1 atom stereocenters. The standard InChI is InChI=1S/C16H21N3O3/c1-11(2)22-14-6-4-5-12(9-14)15(16(20)21)19(3)10-13-7-8-17-18-13/h4-9,11,15H,10H2,1-3H3,(H,17,18)(H,20,21). The van der Waals surface area contributed by atoms with Gasteiger partial charge >= 0.3 is 5.97 Å². The van der Waals surface area contributed by atoms with Crippen molar-refractivity contribution in [2.24, 2.45) is 0 Å². The van der Waals surface area contributed by atoms with Gasteiger partial charge in [-0.05, 0) is 44.7 Å². The lowest BCUT2D eigenvalue weighted by Crippen LogP contribution is -2.30. The first-order valence-corrected chi connectivity index (χ1v) is 7.15. The Hall–Kier alpha value is -2.34. The number of carboxylic acid groups (broad SMARTS) is 1. The van der Waals surface area contributed by atoms with Crippen molar-refractivity contribution in [1.82, 2.24) is 15.1 Å². The van der Waals surface area contributed by atoms with Gasteiger partial charge in [-0.2, -0.15) is 5.10 Å². The molecule has 22 heavy (non-hydrogen) atoms. The van der Waals surface area contributed by atoms with Gasteiger partial charge in [0.1, 0.15) is 11.8 Å². The SMILES string of the molecule is CC(C)Oc1cccc(C(C(=O)O)N(C)Cc2ccn[nH]2)c1. The Morgan fingerprint density at radius 1 is 1.41 bits per heavy atom. The first-order chi connectivity index (χ1) is 10.5. The molecule has 0 radical (unpaired) electrons. The molecule has 2 N–H and O–H groups in total. The molecule has 0 amide bonds. The first kappa shape index (κ1) is 16.0. The van der Waals surface area contributed by atoms with Gasteiger partial charge in [0, 0.05) is 18.4 Å². The third-order valence-electron chi connectivity index (χ3n) is 3.20. The number of ether oxygens (including phenoxy) is 1. The summed E-state index contributed by atoms with van der Waals surface area (Å²) in [6.07, 6.45) is 1.69. The van der Waals surface area contributed by atoms with E-state index >= 15 is 0 Å². The molecule has 0 aliphatic carbocycles. The summed E-state index contributed by atoms with van der Waals surface area (Å²) in [5.74, 6) is -0.225. The van der Waals surface area contributed by atoms with Crippen molar-refractivity contribution in [2.45, 2.75) is 32.5 Å². The summed E-state index contributed by atoms with van der Waals surface area (Å²) in [4.78, 5) is 13.4. The largest absolute Gasteiger partial charge is 0.491 e. The molecule has 118 valence electrons. The van der Waals surface area contributed by atoms with E-state index in [9.17, 15) is 9.90 Å². The van der Waals surface area contributed by atoms with Gasteiger partial charge < -0.3 is 9.84 Å². The zero-order valence-corrected chi connectivity index (χ0v) is 13.0. The fraction of sp³-hybridized carbons (Fsp3) is 0.375. The Kier molecular flexibility index (Phi) is 5.16. The quantitative estimate of drug-likeness (QED) is 0.821. The number of aliphatic carboxylic acids is 1. The molecule has 0 bridgehead atoms. The van der Waals surface area contributed by atoms with Gasteiger partial charge in [-0.3, -0.25) is 14.8 Å². The Morgan fingerprint density at radius 3 is 2.77 bits per heavy atom. The lowest BCUT2D eigenvalue weighted by atomic mass is 10.1. The molecule has 1 heterocycles. The highest BCUT2D eigenvalue weighted by molar-refractivity contribution is 5.75. The summed E-state index contributed by atoms with van der Waals surface area (Å²) in [7, 11) is 1.77. The fourth-order valence-electron chi connectivity index (χ4n) is 2.35. The predicted molar refractivity (Wildman–Crippen MR) is 82.6 cm³/mol. The number of H-pyrrole nitrogens is 1. The van der Waals surface area contributed by atoms with E-state index in [4.69, 9.17) is 4.74 Å². The van der Waals surface area contributed by atoms with Crippen LogP contribution < -0.4 is 4.74 Å². The smallest absolute Gasteiger partial charge is 0.325 e. The van der Waals surface area contributed by atoms with Gasteiger partial charge in [0.2, 0.25) is 0 Å². The van der Waals surface area contributed by atoms with Crippen LogP contribution in [0.15, 0.2) is 36.5 Å². The van der Waals surface area contributed by atoms with Gasteiger partial charge in [0.25, 0.3) is 0 Å². The van der Waals surface area contributed by atoms with Crippen LogP contribution >= 0.6 is 0 Å². The van der Waals surface area contributed by atoms with Crippen LogP contribution in [0.2, 0.25) is 0 Å². The topological polar surface area (TPSA) is 78.5 Å². The van der Waals surface area contributed by atoms with E-state index in [1.165, 1.54) is 0 Å². The maximum Gasteiger partial charge on any atom is 0.325 e. The summed E-state index contributed by atoms with van der Waals surface area (Å²) < 4.78 is 5.64. The fourth-order valence-corrected chi connectivity index (χ4v) is 2.35. The minimum Gasteiger partial charge on any atom is -0.491 e. The maximum atomic E-state index is 11.7. The number of aromatic amines is 1. The van der Waals surface area contributed by atoms with E-state index < -0.39 is 12.0 Å². The third-order valence-corrected chi connectivity index (χ3v) is 3.20.